The van der Waals surface area contributed by atoms with Crippen molar-refractivity contribution in [2.75, 3.05) is 6.61 Å². The molecule has 0 unspecified atom stereocenters. The average molecular weight is 299 g/mol. The number of aliphatic hydroxyl groups is 1. The van der Waals surface area contributed by atoms with Crippen molar-refractivity contribution < 1.29 is 31.4 Å². The van der Waals surface area contributed by atoms with E-state index in [2.05, 4.69) is 4.74 Å². The SMILES string of the molecule is C[C@@H](CO)NS(=O)(=O)c1ccccc1OC(F)(F)F. The molecule has 0 bridgehead atoms. The smallest absolute Gasteiger partial charge is 0.404 e. The minimum Gasteiger partial charge on any atom is -0.404 e. The van der Waals surface area contributed by atoms with Crippen LogP contribution in [-0.4, -0.2) is 32.5 Å². The quantitative estimate of drug-likeness (QED) is 0.858. The fourth-order valence-corrected chi connectivity index (χ4v) is 2.61. The fourth-order valence-electron chi connectivity index (χ4n) is 1.25. The van der Waals surface area contributed by atoms with Gasteiger partial charge in [-0.05, 0) is 19.1 Å². The molecule has 0 aliphatic heterocycles. The summed E-state index contributed by atoms with van der Waals surface area (Å²) in [4.78, 5) is -0.646. The number of para-hydroxylation sites is 1. The molecule has 0 saturated heterocycles. The van der Waals surface area contributed by atoms with Crippen LogP contribution in [0.15, 0.2) is 29.2 Å². The zero-order valence-corrected chi connectivity index (χ0v) is 10.6. The van der Waals surface area contributed by atoms with E-state index in [0.29, 0.717) is 0 Å². The number of sulfonamides is 1. The third-order valence-electron chi connectivity index (χ3n) is 1.99. The van der Waals surface area contributed by atoms with E-state index in [1.165, 1.54) is 19.1 Å². The average Bonchev–Trinajstić information content (AvgIpc) is 2.26. The van der Waals surface area contributed by atoms with Crippen molar-refractivity contribution in [1.82, 2.24) is 4.72 Å². The molecule has 19 heavy (non-hydrogen) atoms. The molecule has 108 valence electrons. The van der Waals surface area contributed by atoms with Crippen LogP contribution >= 0.6 is 0 Å². The number of ether oxygens (including phenoxy) is 1. The topological polar surface area (TPSA) is 75.6 Å². The van der Waals surface area contributed by atoms with Crippen LogP contribution in [0.4, 0.5) is 13.2 Å². The maximum Gasteiger partial charge on any atom is 0.573 e. The largest absolute Gasteiger partial charge is 0.573 e. The van der Waals surface area contributed by atoms with Gasteiger partial charge in [0.2, 0.25) is 10.0 Å². The molecule has 1 aromatic carbocycles. The van der Waals surface area contributed by atoms with Crippen LogP contribution in [-0.2, 0) is 10.0 Å². The van der Waals surface area contributed by atoms with Crippen molar-refractivity contribution in [1.29, 1.82) is 0 Å². The number of hydrogen-bond donors (Lipinski definition) is 2. The summed E-state index contributed by atoms with van der Waals surface area (Å²) < 4.78 is 65.8. The zero-order chi connectivity index (χ0) is 14.7. The van der Waals surface area contributed by atoms with Crippen molar-refractivity contribution in [2.45, 2.75) is 24.2 Å². The molecule has 0 spiro atoms. The first kappa shape index (κ1) is 15.7. The van der Waals surface area contributed by atoms with Crippen molar-refractivity contribution in [3.05, 3.63) is 24.3 Å². The molecule has 1 rings (SSSR count). The van der Waals surface area contributed by atoms with Gasteiger partial charge in [-0.25, -0.2) is 13.1 Å². The number of hydrogen-bond acceptors (Lipinski definition) is 4. The van der Waals surface area contributed by atoms with Gasteiger partial charge in [-0.15, -0.1) is 13.2 Å². The lowest BCUT2D eigenvalue weighted by molar-refractivity contribution is -0.275. The normalized spacial score (nSPS) is 14.2. The molecule has 5 nitrogen and oxygen atoms in total. The lowest BCUT2D eigenvalue weighted by Crippen LogP contribution is -2.35. The number of rotatable bonds is 5. The van der Waals surface area contributed by atoms with E-state index in [9.17, 15) is 21.6 Å². The van der Waals surface area contributed by atoms with Gasteiger partial charge in [0, 0.05) is 6.04 Å². The van der Waals surface area contributed by atoms with E-state index >= 15 is 0 Å². The molecule has 1 aromatic rings. The highest BCUT2D eigenvalue weighted by Gasteiger charge is 2.34. The predicted octanol–water partition coefficient (Wildman–Crippen LogP) is 1.24. The molecular weight excluding hydrogens is 287 g/mol. The van der Waals surface area contributed by atoms with Crippen LogP contribution < -0.4 is 9.46 Å². The second-order valence-corrected chi connectivity index (χ2v) is 5.38. The van der Waals surface area contributed by atoms with Crippen LogP contribution in [0.3, 0.4) is 0 Å². The molecule has 0 radical (unpaired) electrons. The summed E-state index contributed by atoms with van der Waals surface area (Å²) in [5, 5.41) is 8.76. The zero-order valence-electron chi connectivity index (χ0n) is 9.81. The number of aliphatic hydroxyl groups excluding tert-OH is 1. The molecule has 0 heterocycles. The molecular formula is C10H12F3NO4S. The molecule has 0 aliphatic rings. The fraction of sp³-hybridized carbons (Fsp3) is 0.400. The van der Waals surface area contributed by atoms with Gasteiger partial charge in [0.15, 0.2) is 0 Å². The minimum atomic E-state index is -4.99. The summed E-state index contributed by atoms with van der Waals surface area (Å²) in [6, 6.07) is 3.53. The first-order valence-corrected chi connectivity index (χ1v) is 6.62. The lowest BCUT2D eigenvalue weighted by atomic mass is 10.3. The molecule has 0 saturated carbocycles. The Morgan fingerprint density at radius 1 is 1.37 bits per heavy atom. The Hall–Kier alpha value is -1.32. The van der Waals surface area contributed by atoms with E-state index in [1.807, 2.05) is 4.72 Å². The Morgan fingerprint density at radius 2 is 1.95 bits per heavy atom. The highest BCUT2D eigenvalue weighted by Crippen LogP contribution is 2.29. The Balaban J connectivity index is 3.13. The van der Waals surface area contributed by atoms with Gasteiger partial charge in [0.1, 0.15) is 10.6 Å². The van der Waals surface area contributed by atoms with Gasteiger partial charge in [-0.2, -0.15) is 0 Å². The Kier molecular flexibility index (Phi) is 4.77. The minimum absolute atomic E-state index is 0.485. The van der Waals surface area contributed by atoms with Crippen molar-refractivity contribution in [3.8, 4) is 5.75 Å². The molecule has 0 aliphatic carbocycles. The van der Waals surface area contributed by atoms with Crippen molar-refractivity contribution in [2.24, 2.45) is 0 Å². The lowest BCUT2D eigenvalue weighted by Gasteiger charge is -2.15. The van der Waals surface area contributed by atoms with Crippen LogP contribution in [0, 0.1) is 0 Å². The third kappa shape index (κ3) is 4.69. The first-order chi connectivity index (χ1) is 8.65. The number of nitrogens with one attached hydrogen (secondary N) is 1. The molecule has 0 aromatic heterocycles. The molecule has 2 N–H and O–H groups in total. The van der Waals surface area contributed by atoms with Gasteiger partial charge in [-0.1, -0.05) is 12.1 Å². The summed E-state index contributed by atoms with van der Waals surface area (Å²) in [7, 11) is -4.21. The van der Waals surface area contributed by atoms with Crippen LogP contribution in [0.2, 0.25) is 0 Å². The molecule has 1 atom stereocenters. The van der Waals surface area contributed by atoms with Crippen LogP contribution in [0.25, 0.3) is 0 Å². The van der Waals surface area contributed by atoms with E-state index in [-0.39, 0.29) is 0 Å². The predicted molar refractivity (Wildman–Crippen MR) is 60.0 cm³/mol. The van der Waals surface area contributed by atoms with Crippen molar-refractivity contribution >= 4 is 10.0 Å². The van der Waals surface area contributed by atoms with E-state index in [0.717, 1.165) is 12.1 Å². The van der Waals surface area contributed by atoms with E-state index < -0.39 is 39.7 Å². The molecule has 0 amide bonds. The maximum atomic E-state index is 12.2. The summed E-state index contributed by atoms with van der Waals surface area (Å²) >= 11 is 0. The van der Waals surface area contributed by atoms with Gasteiger partial charge < -0.3 is 9.84 Å². The highest BCUT2D eigenvalue weighted by atomic mass is 32.2. The number of benzene rings is 1. The highest BCUT2D eigenvalue weighted by molar-refractivity contribution is 7.89. The summed E-state index contributed by atoms with van der Waals surface area (Å²) in [6.07, 6.45) is -4.99. The summed E-state index contributed by atoms with van der Waals surface area (Å²) in [5.41, 5.74) is 0. The summed E-state index contributed by atoms with van der Waals surface area (Å²) in [6.45, 7) is 0.881. The Bertz CT molecular complexity index is 530. The summed E-state index contributed by atoms with van der Waals surface area (Å²) in [5.74, 6) is -0.826. The third-order valence-corrected chi connectivity index (χ3v) is 3.62. The first-order valence-electron chi connectivity index (χ1n) is 5.13. The number of alkyl halides is 3. The van der Waals surface area contributed by atoms with Crippen LogP contribution in [0.5, 0.6) is 5.75 Å². The second kappa shape index (κ2) is 5.76. The Labute approximate surface area is 108 Å². The maximum absolute atomic E-state index is 12.2. The standard InChI is InChI=1S/C10H12F3NO4S/c1-7(6-15)14-19(16,17)9-5-3-2-4-8(9)18-10(11,12)13/h2-5,7,14-15H,6H2,1H3/t7-/m0/s1. The molecule has 9 heteroatoms. The van der Waals surface area contributed by atoms with E-state index in [4.69, 9.17) is 5.11 Å². The number of halogens is 3. The van der Waals surface area contributed by atoms with E-state index in [1.54, 1.807) is 0 Å². The van der Waals surface area contributed by atoms with Gasteiger partial charge in [0.25, 0.3) is 0 Å². The Morgan fingerprint density at radius 3 is 2.47 bits per heavy atom. The van der Waals surface area contributed by atoms with Gasteiger partial charge in [-0.3, -0.25) is 0 Å². The van der Waals surface area contributed by atoms with Crippen LogP contribution in [0.1, 0.15) is 6.92 Å². The second-order valence-electron chi connectivity index (χ2n) is 3.70. The van der Waals surface area contributed by atoms with Crippen molar-refractivity contribution in [3.63, 3.8) is 0 Å². The monoisotopic (exact) mass is 299 g/mol. The molecule has 0 fully saturated rings. The van der Waals surface area contributed by atoms with Gasteiger partial charge in [0.05, 0.1) is 6.61 Å². The van der Waals surface area contributed by atoms with Gasteiger partial charge >= 0.3 is 6.36 Å².